The van der Waals surface area contributed by atoms with Crippen molar-refractivity contribution in [2.75, 3.05) is 0 Å². The summed E-state index contributed by atoms with van der Waals surface area (Å²) in [5, 5.41) is 12.5. The van der Waals surface area contributed by atoms with Crippen molar-refractivity contribution >= 4 is 5.65 Å². The number of ether oxygens (including phenoxy) is 1. The van der Waals surface area contributed by atoms with Crippen molar-refractivity contribution in [2.45, 2.75) is 20.1 Å². The number of aromatic nitrogens is 7. The topological polar surface area (TPSA) is 83.0 Å². The fourth-order valence-electron chi connectivity index (χ4n) is 3.36. The number of nitrogens with zero attached hydrogens (tertiary/aromatic N) is 7. The highest BCUT2D eigenvalue weighted by molar-refractivity contribution is 5.77. The third-order valence-electron chi connectivity index (χ3n) is 4.91. The van der Waals surface area contributed by atoms with Crippen molar-refractivity contribution in [1.82, 2.24) is 34.6 Å². The van der Waals surface area contributed by atoms with Gasteiger partial charge in [0.1, 0.15) is 24.4 Å². The molecule has 154 valence electrons. The summed E-state index contributed by atoms with van der Waals surface area (Å²) in [5.74, 6) is 0.672. The summed E-state index contributed by atoms with van der Waals surface area (Å²) in [6.45, 7) is 2.85. The van der Waals surface area contributed by atoms with E-state index in [0.29, 0.717) is 35.2 Å². The van der Waals surface area contributed by atoms with E-state index in [0.717, 1.165) is 11.1 Å². The maximum absolute atomic E-state index is 14.4. The monoisotopic (exact) mass is 415 g/mol. The summed E-state index contributed by atoms with van der Waals surface area (Å²) in [6.07, 6.45) is 3.28. The molecule has 0 aliphatic carbocycles. The van der Waals surface area contributed by atoms with Gasteiger partial charge in [-0.1, -0.05) is 47.7 Å². The van der Waals surface area contributed by atoms with E-state index in [1.807, 2.05) is 37.3 Å². The molecule has 3 aromatic heterocycles. The van der Waals surface area contributed by atoms with Crippen LogP contribution in [0.2, 0.25) is 0 Å². The molecule has 0 N–H and O–H groups in total. The minimum Gasteiger partial charge on any atom is -0.469 e. The average molecular weight is 415 g/mol. The molecule has 31 heavy (non-hydrogen) atoms. The van der Waals surface area contributed by atoms with Gasteiger partial charge in [-0.3, -0.25) is 0 Å². The molecule has 0 aliphatic rings. The van der Waals surface area contributed by atoms with Crippen LogP contribution < -0.4 is 4.74 Å². The highest BCUT2D eigenvalue weighted by Crippen LogP contribution is 2.32. The summed E-state index contributed by atoms with van der Waals surface area (Å²) in [4.78, 5) is 8.93. The van der Waals surface area contributed by atoms with Crippen LogP contribution in [0.15, 0.2) is 67.1 Å². The Morgan fingerprint density at radius 3 is 2.61 bits per heavy atom. The molecule has 0 saturated heterocycles. The van der Waals surface area contributed by atoms with E-state index in [-0.39, 0.29) is 6.61 Å². The third kappa shape index (κ3) is 3.50. The second-order valence-electron chi connectivity index (χ2n) is 6.79. The molecule has 0 radical (unpaired) electrons. The fraction of sp³-hybridized carbons (Fsp3) is 0.136. The quantitative estimate of drug-likeness (QED) is 0.420. The molecule has 9 heteroatoms. The van der Waals surface area contributed by atoms with Crippen molar-refractivity contribution in [2.24, 2.45) is 0 Å². The largest absolute Gasteiger partial charge is 0.469 e. The zero-order valence-corrected chi connectivity index (χ0v) is 16.7. The van der Waals surface area contributed by atoms with Crippen LogP contribution in [-0.2, 0) is 13.2 Å². The highest BCUT2D eigenvalue weighted by Gasteiger charge is 2.19. The number of aryl methyl sites for hydroxylation is 1. The zero-order chi connectivity index (χ0) is 21.2. The molecule has 0 saturated carbocycles. The number of fused-ring (bicyclic) bond motifs is 1. The first-order valence-corrected chi connectivity index (χ1v) is 9.80. The Morgan fingerprint density at radius 2 is 1.81 bits per heavy atom. The lowest BCUT2D eigenvalue weighted by molar-refractivity contribution is 0.278. The molecule has 0 aliphatic heterocycles. The lowest BCUT2D eigenvalue weighted by atomic mass is 10.1. The minimum absolute atomic E-state index is 0.188. The summed E-state index contributed by atoms with van der Waals surface area (Å²) in [7, 11) is 0. The lowest BCUT2D eigenvalue weighted by Crippen LogP contribution is -2.09. The number of halogens is 1. The Balaban J connectivity index is 1.63. The molecule has 2 aromatic carbocycles. The van der Waals surface area contributed by atoms with Crippen molar-refractivity contribution in [1.29, 1.82) is 0 Å². The first-order valence-electron chi connectivity index (χ1n) is 9.80. The van der Waals surface area contributed by atoms with Gasteiger partial charge in [0.25, 0.3) is 0 Å². The van der Waals surface area contributed by atoms with Gasteiger partial charge < -0.3 is 4.74 Å². The number of hydrogen-bond donors (Lipinski definition) is 0. The van der Waals surface area contributed by atoms with E-state index in [9.17, 15) is 4.39 Å². The van der Waals surface area contributed by atoms with Gasteiger partial charge in [0.2, 0.25) is 5.88 Å². The summed E-state index contributed by atoms with van der Waals surface area (Å²) < 4.78 is 23.8. The molecule has 8 nitrogen and oxygen atoms in total. The van der Waals surface area contributed by atoms with Crippen LogP contribution in [0.4, 0.5) is 4.39 Å². The Bertz CT molecular complexity index is 1350. The molecule has 0 amide bonds. The predicted molar refractivity (Wildman–Crippen MR) is 112 cm³/mol. The highest BCUT2D eigenvalue weighted by atomic mass is 19.1. The van der Waals surface area contributed by atoms with E-state index in [1.54, 1.807) is 29.1 Å². The average Bonchev–Trinajstić information content (AvgIpc) is 3.44. The van der Waals surface area contributed by atoms with Gasteiger partial charge in [-0.15, -0.1) is 5.10 Å². The molecule has 5 aromatic rings. The zero-order valence-electron chi connectivity index (χ0n) is 16.7. The molecular weight excluding hydrogens is 397 g/mol. The minimum atomic E-state index is -0.391. The van der Waals surface area contributed by atoms with Gasteiger partial charge in [0.15, 0.2) is 11.5 Å². The maximum atomic E-state index is 14.4. The van der Waals surface area contributed by atoms with E-state index in [4.69, 9.17) is 4.74 Å². The Labute approximate surface area is 177 Å². The first-order chi connectivity index (χ1) is 15.2. The number of rotatable bonds is 6. The first kappa shape index (κ1) is 18.9. The molecule has 5 rings (SSSR count). The van der Waals surface area contributed by atoms with Crippen LogP contribution in [0, 0.1) is 5.82 Å². The van der Waals surface area contributed by atoms with Crippen molar-refractivity contribution < 1.29 is 9.13 Å². The molecule has 3 heterocycles. The summed E-state index contributed by atoms with van der Waals surface area (Å²) in [6, 6.07) is 16.1. The Kier molecular flexibility index (Phi) is 4.83. The van der Waals surface area contributed by atoms with E-state index < -0.39 is 5.82 Å². The van der Waals surface area contributed by atoms with Gasteiger partial charge in [-0.2, -0.15) is 10.1 Å². The van der Waals surface area contributed by atoms with Crippen LogP contribution in [0.1, 0.15) is 12.7 Å². The normalized spacial score (nSPS) is 11.2. The van der Waals surface area contributed by atoms with Crippen LogP contribution in [0.3, 0.4) is 0 Å². The molecular formula is C22H18FN7O. The van der Waals surface area contributed by atoms with Crippen molar-refractivity contribution in [3.05, 3.63) is 78.8 Å². The molecule has 0 atom stereocenters. The van der Waals surface area contributed by atoms with Gasteiger partial charge in [0.05, 0.1) is 5.56 Å². The van der Waals surface area contributed by atoms with Crippen molar-refractivity contribution in [3.8, 4) is 28.3 Å². The Morgan fingerprint density at radius 1 is 1.00 bits per heavy atom. The standard InChI is InChI=1S/C22H18FN7O/c1-2-29-19(24-14-25-29)13-31-22-17(15-8-4-3-5-9-15)12-30-21(26-22)20(27-28-30)16-10-6-7-11-18(16)23/h3-12,14H,2,13H2,1H3. The SMILES string of the molecule is CCn1ncnc1COc1nc2c(-c3ccccc3F)nnn2cc1-c1ccccc1. The Hall–Kier alpha value is -4.14. The van der Waals surface area contributed by atoms with Gasteiger partial charge in [-0.25, -0.2) is 18.6 Å². The van der Waals surface area contributed by atoms with Crippen LogP contribution in [0.25, 0.3) is 28.0 Å². The second-order valence-corrected chi connectivity index (χ2v) is 6.79. The smallest absolute Gasteiger partial charge is 0.225 e. The number of benzene rings is 2. The van der Waals surface area contributed by atoms with Gasteiger partial charge in [-0.05, 0) is 24.6 Å². The number of hydrogen-bond acceptors (Lipinski definition) is 6. The predicted octanol–water partition coefficient (Wildman–Crippen LogP) is 3.79. The fourth-order valence-corrected chi connectivity index (χ4v) is 3.36. The van der Waals surface area contributed by atoms with Crippen LogP contribution >= 0.6 is 0 Å². The van der Waals surface area contributed by atoms with Gasteiger partial charge >= 0.3 is 0 Å². The third-order valence-corrected chi connectivity index (χ3v) is 4.91. The second kappa shape index (κ2) is 7.94. The van der Waals surface area contributed by atoms with Crippen molar-refractivity contribution in [3.63, 3.8) is 0 Å². The molecule has 0 spiro atoms. The maximum Gasteiger partial charge on any atom is 0.225 e. The van der Waals surface area contributed by atoms with E-state index in [2.05, 4.69) is 25.4 Å². The summed E-state index contributed by atoms with van der Waals surface area (Å²) >= 11 is 0. The molecule has 0 bridgehead atoms. The summed E-state index contributed by atoms with van der Waals surface area (Å²) in [5.41, 5.74) is 2.72. The van der Waals surface area contributed by atoms with E-state index >= 15 is 0 Å². The van der Waals surface area contributed by atoms with Crippen LogP contribution in [-0.4, -0.2) is 34.6 Å². The lowest BCUT2D eigenvalue weighted by Gasteiger charge is -2.11. The van der Waals surface area contributed by atoms with Crippen LogP contribution in [0.5, 0.6) is 5.88 Å². The van der Waals surface area contributed by atoms with E-state index in [1.165, 1.54) is 16.9 Å². The molecule has 0 fully saturated rings. The molecule has 0 unspecified atom stereocenters. The van der Waals surface area contributed by atoms with Gasteiger partial charge in [0, 0.05) is 18.3 Å².